The van der Waals surface area contributed by atoms with Crippen LogP contribution in [0.4, 0.5) is 4.39 Å². The third-order valence-electron chi connectivity index (χ3n) is 5.99. The van der Waals surface area contributed by atoms with Crippen molar-refractivity contribution in [2.45, 2.75) is 31.1 Å². The largest absolute Gasteiger partial charge is 0.465 e. The Bertz CT molecular complexity index is 877. The average molecular weight is 396 g/mol. The van der Waals surface area contributed by atoms with Crippen LogP contribution in [-0.4, -0.2) is 36.3 Å². The summed E-state index contributed by atoms with van der Waals surface area (Å²) in [6.45, 7) is 1.99. The van der Waals surface area contributed by atoms with Crippen molar-refractivity contribution in [1.29, 1.82) is 0 Å². The summed E-state index contributed by atoms with van der Waals surface area (Å²) in [5, 5.41) is 3.09. The van der Waals surface area contributed by atoms with Gasteiger partial charge in [-0.1, -0.05) is 12.1 Å². The lowest BCUT2D eigenvalue weighted by molar-refractivity contribution is -0.128. The van der Waals surface area contributed by atoms with Crippen molar-refractivity contribution in [1.82, 2.24) is 10.2 Å². The molecule has 0 radical (unpaired) electrons. The van der Waals surface area contributed by atoms with Gasteiger partial charge < -0.3 is 14.6 Å². The standard InChI is InChI=1S/C23H25FN2O3/c24-19-5-3-18(4-6-19)23(11-12-23)22(28)25-16-17-9-13-26(14-10-17)21(27)8-7-20-2-1-15-29-20/h1-8,15,17H,9-14,16H2,(H,25,28)/b8-7+. The van der Waals surface area contributed by atoms with Gasteiger partial charge in [0.15, 0.2) is 0 Å². The zero-order valence-electron chi connectivity index (χ0n) is 16.3. The Morgan fingerprint density at radius 1 is 1.17 bits per heavy atom. The minimum absolute atomic E-state index is 0.0165. The van der Waals surface area contributed by atoms with Crippen molar-refractivity contribution in [2.75, 3.05) is 19.6 Å². The van der Waals surface area contributed by atoms with Gasteiger partial charge in [-0.15, -0.1) is 0 Å². The molecular weight excluding hydrogens is 371 g/mol. The van der Waals surface area contributed by atoms with Crippen LogP contribution >= 0.6 is 0 Å². The fourth-order valence-corrected chi connectivity index (χ4v) is 3.95. The van der Waals surface area contributed by atoms with Crippen LogP contribution in [-0.2, 0) is 15.0 Å². The van der Waals surface area contributed by atoms with Gasteiger partial charge in [0.1, 0.15) is 11.6 Å². The van der Waals surface area contributed by atoms with E-state index in [1.54, 1.807) is 42.7 Å². The number of carbonyl (C=O) groups excluding carboxylic acids is 2. The van der Waals surface area contributed by atoms with Gasteiger partial charge in [-0.25, -0.2) is 4.39 Å². The number of nitrogens with zero attached hydrogens (tertiary/aromatic N) is 1. The lowest BCUT2D eigenvalue weighted by Crippen LogP contribution is -2.43. The van der Waals surface area contributed by atoms with Crippen molar-refractivity contribution < 1.29 is 18.4 Å². The van der Waals surface area contributed by atoms with Crippen LogP contribution in [0.1, 0.15) is 37.0 Å². The lowest BCUT2D eigenvalue weighted by atomic mass is 9.93. The zero-order chi connectivity index (χ0) is 20.3. The number of piperidine rings is 1. The van der Waals surface area contributed by atoms with Gasteiger partial charge in [0.25, 0.3) is 0 Å². The summed E-state index contributed by atoms with van der Waals surface area (Å²) in [6.07, 6.45) is 8.14. The van der Waals surface area contributed by atoms with E-state index in [9.17, 15) is 14.0 Å². The van der Waals surface area contributed by atoms with Crippen molar-refractivity contribution in [3.05, 3.63) is 65.9 Å². The van der Waals surface area contributed by atoms with E-state index >= 15 is 0 Å². The molecule has 2 heterocycles. The molecule has 1 aliphatic carbocycles. The first-order valence-electron chi connectivity index (χ1n) is 10.1. The molecule has 0 atom stereocenters. The van der Waals surface area contributed by atoms with E-state index < -0.39 is 5.41 Å². The molecule has 2 aliphatic rings. The Hall–Kier alpha value is -2.89. The van der Waals surface area contributed by atoms with Crippen LogP contribution in [0.3, 0.4) is 0 Å². The number of amides is 2. The van der Waals surface area contributed by atoms with Crippen LogP contribution in [0, 0.1) is 11.7 Å². The van der Waals surface area contributed by atoms with Gasteiger partial charge in [-0.2, -0.15) is 0 Å². The maximum Gasteiger partial charge on any atom is 0.246 e. The molecule has 0 bridgehead atoms. The third kappa shape index (κ3) is 4.42. The van der Waals surface area contributed by atoms with Crippen LogP contribution < -0.4 is 5.32 Å². The number of hydrogen-bond donors (Lipinski definition) is 1. The molecule has 1 saturated heterocycles. The highest BCUT2D eigenvalue weighted by Gasteiger charge is 2.51. The number of halogens is 1. The quantitative estimate of drug-likeness (QED) is 0.760. The second-order valence-corrected chi connectivity index (χ2v) is 7.92. The molecule has 1 aliphatic heterocycles. The van der Waals surface area contributed by atoms with E-state index in [0.717, 1.165) is 31.2 Å². The Morgan fingerprint density at radius 2 is 1.90 bits per heavy atom. The SMILES string of the molecule is O=C(/C=C/c1ccco1)N1CCC(CNC(=O)C2(c3ccc(F)cc3)CC2)CC1. The lowest BCUT2D eigenvalue weighted by Gasteiger charge is -2.31. The number of nitrogens with one attached hydrogen (secondary N) is 1. The van der Waals surface area contributed by atoms with Crippen LogP contribution in [0.25, 0.3) is 6.08 Å². The summed E-state index contributed by atoms with van der Waals surface area (Å²) in [5.41, 5.74) is 0.404. The van der Waals surface area contributed by atoms with Gasteiger partial charge in [-0.3, -0.25) is 9.59 Å². The fraction of sp³-hybridized carbons (Fsp3) is 0.391. The van der Waals surface area contributed by atoms with E-state index in [1.165, 1.54) is 12.1 Å². The number of likely N-dealkylation sites (tertiary alicyclic amines) is 1. The molecule has 29 heavy (non-hydrogen) atoms. The summed E-state index contributed by atoms with van der Waals surface area (Å²) in [7, 11) is 0. The number of carbonyl (C=O) groups is 2. The van der Waals surface area contributed by atoms with Gasteiger partial charge in [0.05, 0.1) is 11.7 Å². The summed E-state index contributed by atoms with van der Waals surface area (Å²) in [6, 6.07) is 9.83. The number of rotatable bonds is 6. The summed E-state index contributed by atoms with van der Waals surface area (Å²) < 4.78 is 18.4. The number of benzene rings is 1. The molecule has 152 valence electrons. The van der Waals surface area contributed by atoms with E-state index in [-0.39, 0.29) is 17.6 Å². The van der Waals surface area contributed by atoms with E-state index in [4.69, 9.17) is 4.42 Å². The third-order valence-corrected chi connectivity index (χ3v) is 5.99. The van der Waals surface area contributed by atoms with Crippen molar-refractivity contribution >= 4 is 17.9 Å². The molecule has 0 unspecified atom stereocenters. The molecule has 1 N–H and O–H groups in total. The van der Waals surface area contributed by atoms with Gasteiger partial charge >= 0.3 is 0 Å². The second kappa shape index (κ2) is 8.23. The summed E-state index contributed by atoms with van der Waals surface area (Å²) in [4.78, 5) is 26.9. The first-order chi connectivity index (χ1) is 14.1. The Labute approximate surface area is 169 Å². The molecule has 1 aromatic carbocycles. The molecule has 2 fully saturated rings. The average Bonchev–Trinajstić information content (AvgIpc) is 3.39. The first-order valence-corrected chi connectivity index (χ1v) is 10.1. The van der Waals surface area contributed by atoms with Crippen molar-refractivity contribution in [2.24, 2.45) is 5.92 Å². The monoisotopic (exact) mass is 396 g/mol. The summed E-state index contributed by atoms with van der Waals surface area (Å²) >= 11 is 0. The van der Waals surface area contributed by atoms with Gasteiger partial charge in [-0.05, 0) is 67.5 Å². The van der Waals surface area contributed by atoms with Gasteiger partial charge in [0.2, 0.25) is 11.8 Å². The normalized spacial score (nSPS) is 18.7. The molecule has 1 aromatic heterocycles. The predicted molar refractivity (Wildman–Crippen MR) is 107 cm³/mol. The molecule has 6 heteroatoms. The molecular formula is C23H25FN2O3. The fourth-order valence-electron chi connectivity index (χ4n) is 3.95. The maximum atomic E-state index is 13.2. The molecule has 0 spiro atoms. The highest BCUT2D eigenvalue weighted by atomic mass is 19.1. The van der Waals surface area contributed by atoms with Gasteiger partial charge in [0, 0.05) is 25.7 Å². The molecule has 2 aromatic rings. The minimum atomic E-state index is -0.485. The first kappa shape index (κ1) is 19.4. The number of hydrogen-bond acceptors (Lipinski definition) is 3. The second-order valence-electron chi connectivity index (χ2n) is 7.92. The van der Waals surface area contributed by atoms with E-state index in [1.807, 2.05) is 4.90 Å². The maximum absolute atomic E-state index is 13.2. The highest BCUT2D eigenvalue weighted by molar-refractivity contribution is 5.92. The molecule has 5 nitrogen and oxygen atoms in total. The zero-order valence-corrected chi connectivity index (χ0v) is 16.3. The topological polar surface area (TPSA) is 62.6 Å². The molecule has 2 amide bonds. The highest BCUT2D eigenvalue weighted by Crippen LogP contribution is 2.48. The Kier molecular flexibility index (Phi) is 5.51. The van der Waals surface area contributed by atoms with Crippen molar-refractivity contribution in [3.63, 3.8) is 0 Å². The van der Waals surface area contributed by atoms with E-state index in [0.29, 0.717) is 31.3 Å². The van der Waals surface area contributed by atoms with Crippen LogP contribution in [0.2, 0.25) is 0 Å². The molecule has 1 saturated carbocycles. The minimum Gasteiger partial charge on any atom is -0.465 e. The van der Waals surface area contributed by atoms with Crippen molar-refractivity contribution in [3.8, 4) is 0 Å². The van der Waals surface area contributed by atoms with E-state index in [2.05, 4.69) is 5.32 Å². The summed E-state index contributed by atoms with van der Waals surface area (Å²) in [5.74, 6) is 0.749. The Morgan fingerprint density at radius 3 is 2.52 bits per heavy atom. The van der Waals surface area contributed by atoms with Crippen LogP contribution in [0.5, 0.6) is 0 Å². The van der Waals surface area contributed by atoms with Crippen LogP contribution in [0.15, 0.2) is 53.2 Å². The number of furan rings is 1. The smallest absolute Gasteiger partial charge is 0.246 e. The predicted octanol–water partition coefficient (Wildman–Crippen LogP) is 3.52. The molecule has 4 rings (SSSR count). The Balaban J connectivity index is 1.23.